The van der Waals surface area contributed by atoms with E-state index in [0.29, 0.717) is 16.9 Å². The van der Waals surface area contributed by atoms with Gasteiger partial charge in [-0.2, -0.15) is 8.78 Å². The molecule has 0 radical (unpaired) electrons. The average Bonchev–Trinajstić information content (AvgIpc) is 2.97. The van der Waals surface area contributed by atoms with E-state index in [4.69, 9.17) is 9.47 Å². The van der Waals surface area contributed by atoms with Gasteiger partial charge in [-0.15, -0.1) is 0 Å². The zero-order valence-electron chi connectivity index (χ0n) is 16.7. The Hall–Kier alpha value is -3.80. The van der Waals surface area contributed by atoms with Gasteiger partial charge in [-0.1, -0.05) is 12.1 Å². The predicted molar refractivity (Wildman–Crippen MR) is 103 cm³/mol. The van der Waals surface area contributed by atoms with Gasteiger partial charge in [0.25, 0.3) is 11.6 Å². The lowest BCUT2D eigenvalue weighted by Gasteiger charge is -2.24. The van der Waals surface area contributed by atoms with Gasteiger partial charge in [0.15, 0.2) is 6.79 Å². The van der Waals surface area contributed by atoms with Crippen LogP contribution in [0.3, 0.4) is 0 Å². The van der Waals surface area contributed by atoms with E-state index in [9.17, 15) is 28.5 Å². The molecule has 4 rings (SSSR count). The lowest BCUT2D eigenvalue weighted by atomic mass is 9.92. The van der Waals surface area contributed by atoms with E-state index in [2.05, 4.69) is 10.1 Å². The molecule has 0 saturated carbocycles. The number of carbonyl (C=O) groups is 2. The summed E-state index contributed by atoms with van der Waals surface area (Å²) in [4.78, 5) is 37.5. The van der Waals surface area contributed by atoms with Crippen LogP contribution >= 0.6 is 0 Å². The van der Waals surface area contributed by atoms with Crippen LogP contribution in [0.1, 0.15) is 23.6 Å². The Morgan fingerprint density at radius 2 is 2.00 bits per heavy atom. The Kier molecular flexibility index (Phi) is 5.38. The molecule has 1 fully saturated rings. The summed E-state index contributed by atoms with van der Waals surface area (Å²) in [5, 5.41) is 13.9. The van der Waals surface area contributed by atoms with Crippen LogP contribution in [-0.4, -0.2) is 35.2 Å². The van der Waals surface area contributed by atoms with Crippen LogP contribution < -0.4 is 14.8 Å². The lowest BCUT2D eigenvalue weighted by Crippen LogP contribution is -2.40. The minimum Gasteiger partial charge on any atom is -0.467 e. The monoisotopic (exact) mass is 449 g/mol. The number of nitro groups is 1. The Bertz CT molecular complexity index is 1090. The number of imide groups is 1. The van der Waals surface area contributed by atoms with Gasteiger partial charge >= 0.3 is 12.6 Å². The largest absolute Gasteiger partial charge is 0.467 e. The van der Waals surface area contributed by atoms with Gasteiger partial charge in [0, 0.05) is 23.3 Å². The van der Waals surface area contributed by atoms with Gasteiger partial charge in [0.05, 0.1) is 18.1 Å². The van der Waals surface area contributed by atoms with Crippen LogP contribution in [0.15, 0.2) is 36.4 Å². The molecule has 12 heteroatoms. The van der Waals surface area contributed by atoms with Gasteiger partial charge in [0.2, 0.25) is 0 Å². The molecule has 0 aliphatic carbocycles. The van der Waals surface area contributed by atoms with E-state index in [1.807, 2.05) is 0 Å². The summed E-state index contributed by atoms with van der Waals surface area (Å²) >= 11 is 0. The number of benzene rings is 2. The molecule has 1 saturated heterocycles. The molecule has 168 valence electrons. The number of amides is 3. The van der Waals surface area contributed by atoms with Crippen molar-refractivity contribution >= 4 is 17.6 Å². The van der Waals surface area contributed by atoms with Gasteiger partial charge in [-0.3, -0.25) is 19.8 Å². The van der Waals surface area contributed by atoms with Crippen LogP contribution in [0.5, 0.6) is 11.5 Å². The maximum absolute atomic E-state index is 13.2. The predicted octanol–water partition coefficient (Wildman–Crippen LogP) is 3.03. The molecule has 32 heavy (non-hydrogen) atoms. The van der Waals surface area contributed by atoms with Crippen molar-refractivity contribution in [1.82, 2.24) is 10.2 Å². The number of ether oxygens (including phenoxy) is 3. The molecule has 3 amide bonds. The number of fused-ring (bicyclic) bond motifs is 1. The maximum Gasteiger partial charge on any atom is 0.387 e. The van der Waals surface area contributed by atoms with Gasteiger partial charge in [0.1, 0.15) is 17.0 Å². The molecule has 0 aromatic heterocycles. The number of nitro benzene ring substituents is 1. The first kappa shape index (κ1) is 21.4. The number of hydrogen-bond donors (Lipinski definition) is 1. The van der Waals surface area contributed by atoms with Crippen LogP contribution in [0.2, 0.25) is 0 Å². The van der Waals surface area contributed by atoms with Crippen molar-refractivity contribution in [2.24, 2.45) is 0 Å². The molecule has 2 aliphatic rings. The smallest absolute Gasteiger partial charge is 0.387 e. The Labute approximate surface area is 179 Å². The van der Waals surface area contributed by atoms with E-state index < -0.39 is 29.0 Å². The number of nitrogens with one attached hydrogen (secondary N) is 1. The summed E-state index contributed by atoms with van der Waals surface area (Å²) in [5.41, 5.74) is -0.621. The van der Waals surface area contributed by atoms with E-state index in [-0.39, 0.29) is 36.9 Å². The first-order valence-corrected chi connectivity index (χ1v) is 9.39. The van der Waals surface area contributed by atoms with Crippen molar-refractivity contribution in [3.63, 3.8) is 0 Å². The Morgan fingerprint density at radius 1 is 1.28 bits per heavy atom. The molecule has 2 aromatic rings. The molecule has 0 bridgehead atoms. The van der Waals surface area contributed by atoms with Crippen LogP contribution in [0.4, 0.5) is 19.3 Å². The minimum absolute atomic E-state index is 0.0668. The van der Waals surface area contributed by atoms with Crippen LogP contribution in [0, 0.1) is 10.1 Å². The highest BCUT2D eigenvalue weighted by molar-refractivity contribution is 6.07. The van der Waals surface area contributed by atoms with Gasteiger partial charge in [-0.25, -0.2) is 4.79 Å². The fraction of sp³-hybridized carbons (Fsp3) is 0.300. The molecule has 1 N–H and O–H groups in total. The van der Waals surface area contributed by atoms with Gasteiger partial charge < -0.3 is 19.5 Å². The molecular weight excluding hydrogens is 432 g/mol. The third kappa shape index (κ3) is 3.80. The molecule has 0 spiro atoms. The molecule has 10 nitrogen and oxygen atoms in total. The van der Waals surface area contributed by atoms with Crippen molar-refractivity contribution in [1.29, 1.82) is 0 Å². The number of rotatable bonds is 6. The molecule has 0 unspecified atom stereocenters. The van der Waals surface area contributed by atoms with Gasteiger partial charge in [-0.05, 0) is 24.6 Å². The first-order valence-electron chi connectivity index (χ1n) is 9.39. The van der Waals surface area contributed by atoms with E-state index in [1.165, 1.54) is 43.3 Å². The molecule has 2 aliphatic heterocycles. The van der Waals surface area contributed by atoms with Crippen molar-refractivity contribution in [3.05, 3.63) is 63.2 Å². The third-order valence-corrected chi connectivity index (χ3v) is 5.24. The standard InChI is InChI=1S/C20H17F2N3O7/c1-20(13-2-4-15(5-3-13)32-18(21)22)17(26)24(19(27)23-20)8-11-6-14(25(28)29)7-12-9-30-10-31-16(11)12/h2-7,18H,8-10H2,1H3,(H,23,27)/t20-/m0/s1. The fourth-order valence-corrected chi connectivity index (χ4v) is 3.68. The quantitative estimate of drug-likeness (QED) is 0.409. The topological polar surface area (TPSA) is 120 Å². The summed E-state index contributed by atoms with van der Waals surface area (Å²) in [6, 6.07) is 7.18. The summed E-state index contributed by atoms with van der Waals surface area (Å²) in [7, 11) is 0. The van der Waals surface area contributed by atoms with E-state index in [0.717, 1.165) is 4.90 Å². The Balaban J connectivity index is 1.63. The number of nitrogens with zero attached hydrogens (tertiary/aromatic N) is 2. The molecule has 2 aromatic carbocycles. The maximum atomic E-state index is 13.2. The second-order valence-electron chi connectivity index (χ2n) is 7.31. The number of halogens is 2. The fourth-order valence-electron chi connectivity index (χ4n) is 3.68. The van der Waals surface area contributed by atoms with Crippen molar-refractivity contribution in [2.75, 3.05) is 6.79 Å². The van der Waals surface area contributed by atoms with Crippen LogP contribution in [0.25, 0.3) is 0 Å². The zero-order valence-corrected chi connectivity index (χ0v) is 16.7. The normalized spacial score (nSPS) is 20.1. The SMILES string of the molecule is C[C@@]1(c2ccc(OC(F)F)cc2)NC(=O)N(Cc2cc([N+](=O)[O-])cc3c2OCOC3)C1=O. The highest BCUT2D eigenvalue weighted by Crippen LogP contribution is 2.36. The number of urea groups is 1. The summed E-state index contributed by atoms with van der Waals surface area (Å²) in [6.45, 7) is -1.76. The second-order valence-corrected chi connectivity index (χ2v) is 7.31. The van der Waals surface area contributed by atoms with Crippen molar-refractivity contribution in [3.8, 4) is 11.5 Å². The summed E-state index contributed by atoms with van der Waals surface area (Å²) in [6.07, 6.45) is 0. The van der Waals surface area contributed by atoms with E-state index >= 15 is 0 Å². The number of carbonyl (C=O) groups excluding carboxylic acids is 2. The average molecular weight is 449 g/mol. The summed E-state index contributed by atoms with van der Waals surface area (Å²) < 4.78 is 39.7. The van der Waals surface area contributed by atoms with E-state index in [1.54, 1.807) is 0 Å². The first-order chi connectivity index (χ1) is 15.2. The molecule has 2 heterocycles. The molecular formula is C20H17F2N3O7. The zero-order chi connectivity index (χ0) is 23.0. The lowest BCUT2D eigenvalue weighted by molar-refractivity contribution is -0.385. The minimum atomic E-state index is -2.99. The molecule has 1 atom stereocenters. The highest BCUT2D eigenvalue weighted by atomic mass is 19.3. The van der Waals surface area contributed by atoms with Crippen LogP contribution in [-0.2, 0) is 28.2 Å². The summed E-state index contributed by atoms with van der Waals surface area (Å²) in [5.74, 6) is -0.384. The van der Waals surface area contributed by atoms with Crippen molar-refractivity contribution in [2.45, 2.75) is 32.2 Å². The van der Waals surface area contributed by atoms with Crippen molar-refractivity contribution < 1.29 is 37.5 Å². The number of alkyl halides is 2. The number of non-ortho nitro benzene ring substituents is 1. The Morgan fingerprint density at radius 3 is 2.66 bits per heavy atom. The second kappa shape index (κ2) is 8.04. The number of hydrogen-bond acceptors (Lipinski definition) is 7. The highest BCUT2D eigenvalue weighted by Gasteiger charge is 2.49. The third-order valence-electron chi connectivity index (χ3n) is 5.24.